The Hall–Kier alpha value is -2.98. The van der Waals surface area contributed by atoms with Crippen molar-refractivity contribution in [1.29, 1.82) is 0 Å². The molecular formula is C27H28Cl3N3O5S. The van der Waals surface area contributed by atoms with Gasteiger partial charge in [-0.05, 0) is 56.3 Å². The van der Waals surface area contributed by atoms with Gasteiger partial charge in [0.25, 0.3) is 10.0 Å². The van der Waals surface area contributed by atoms with Crippen molar-refractivity contribution in [2.75, 3.05) is 24.5 Å². The molecule has 208 valence electrons. The lowest BCUT2D eigenvalue weighted by Crippen LogP contribution is -2.51. The molecule has 0 fully saturated rings. The van der Waals surface area contributed by atoms with Crippen molar-refractivity contribution in [3.63, 3.8) is 0 Å². The molecule has 0 spiro atoms. The normalized spacial score (nSPS) is 11.9. The summed E-state index contributed by atoms with van der Waals surface area (Å²) in [5, 5.41) is 3.53. The molecule has 0 aromatic heterocycles. The minimum Gasteiger partial charge on any atom is -0.495 e. The minimum atomic E-state index is -4.28. The second kappa shape index (κ2) is 13.4. The van der Waals surface area contributed by atoms with Gasteiger partial charge in [-0.25, -0.2) is 8.42 Å². The van der Waals surface area contributed by atoms with E-state index in [9.17, 15) is 18.0 Å². The molecule has 0 radical (unpaired) electrons. The number of rotatable bonds is 11. The van der Waals surface area contributed by atoms with Crippen molar-refractivity contribution in [3.05, 3.63) is 87.4 Å². The summed E-state index contributed by atoms with van der Waals surface area (Å²) in [7, 11) is -2.90. The molecule has 3 aromatic carbocycles. The summed E-state index contributed by atoms with van der Waals surface area (Å²) < 4.78 is 34.1. The highest BCUT2D eigenvalue weighted by Gasteiger charge is 2.34. The third-order valence-electron chi connectivity index (χ3n) is 5.93. The number of amides is 2. The second-order valence-electron chi connectivity index (χ2n) is 8.43. The number of ether oxygens (including phenoxy) is 1. The first-order valence-electron chi connectivity index (χ1n) is 11.9. The fourth-order valence-corrected chi connectivity index (χ4v) is 5.97. The van der Waals surface area contributed by atoms with Gasteiger partial charge in [-0.1, -0.05) is 59.1 Å². The number of methoxy groups -OCH3 is 1. The molecule has 0 saturated heterocycles. The van der Waals surface area contributed by atoms with Gasteiger partial charge in [0.2, 0.25) is 11.8 Å². The highest BCUT2D eigenvalue weighted by Crippen LogP contribution is 2.35. The van der Waals surface area contributed by atoms with Gasteiger partial charge in [0.15, 0.2) is 0 Å². The summed E-state index contributed by atoms with van der Waals surface area (Å²) in [5.74, 6) is -0.915. The van der Waals surface area contributed by atoms with Crippen LogP contribution in [-0.4, -0.2) is 51.4 Å². The van der Waals surface area contributed by atoms with E-state index in [1.807, 2.05) is 0 Å². The van der Waals surface area contributed by atoms with Crippen molar-refractivity contribution in [2.24, 2.45) is 0 Å². The number of hydrogen-bond donors (Lipinski definition) is 1. The maximum absolute atomic E-state index is 13.9. The predicted molar refractivity (Wildman–Crippen MR) is 154 cm³/mol. The number of nitrogens with zero attached hydrogens (tertiary/aromatic N) is 2. The molecule has 0 heterocycles. The number of halogens is 3. The number of hydrogen-bond acceptors (Lipinski definition) is 5. The topological polar surface area (TPSA) is 96.0 Å². The lowest BCUT2D eigenvalue weighted by molar-refractivity contribution is -0.139. The van der Waals surface area contributed by atoms with Gasteiger partial charge in [-0.15, -0.1) is 0 Å². The monoisotopic (exact) mass is 611 g/mol. The largest absolute Gasteiger partial charge is 0.495 e. The third-order valence-corrected chi connectivity index (χ3v) is 8.65. The van der Waals surface area contributed by atoms with Gasteiger partial charge >= 0.3 is 0 Å². The highest BCUT2D eigenvalue weighted by atomic mass is 35.5. The van der Waals surface area contributed by atoms with Crippen LogP contribution >= 0.6 is 34.8 Å². The molecule has 3 aromatic rings. The molecule has 0 aliphatic heterocycles. The second-order valence-corrected chi connectivity index (χ2v) is 11.5. The SMILES string of the molecule is CCNC(=O)[C@@H](C)N(Cc1c(Cl)cccc1Cl)C(=O)CN(c1cc(Cl)ccc1OC)S(=O)(=O)c1ccccc1. The van der Waals surface area contributed by atoms with E-state index in [2.05, 4.69) is 5.32 Å². The van der Waals surface area contributed by atoms with Gasteiger partial charge in [0.05, 0.1) is 17.7 Å². The molecule has 0 unspecified atom stereocenters. The molecule has 39 heavy (non-hydrogen) atoms. The first kappa shape index (κ1) is 30.6. The van der Waals surface area contributed by atoms with Gasteiger partial charge in [-0.2, -0.15) is 0 Å². The predicted octanol–water partition coefficient (Wildman–Crippen LogP) is 5.40. The van der Waals surface area contributed by atoms with Crippen LogP contribution in [-0.2, 0) is 26.2 Å². The molecule has 1 N–H and O–H groups in total. The highest BCUT2D eigenvalue weighted by molar-refractivity contribution is 7.92. The number of nitrogens with one attached hydrogen (secondary N) is 1. The molecule has 3 rings (SSSR count). The lowest BCUT2D eigenvalue weighted by atomic mass is 10.1. The van der Waals surface area contributed by atoms with Crippen molar-refractivity contribution in [3.8, 4) is 5.75 Å². The maximum atomic E-state index is 13.9. The van der Waals surface area contributed by atoms with E-state index in [1.54, 1.807) is 56.3 Å². The van der Waals surface area contributed by atoms with E-state index < -0.39 is 34.4 Å². The Balaban J connectivity index is 2.13. The fourth-order valence-electron chi connectivity index (χ4n) is 3.85. The molecule has 0 saturated carbocycles. The standard InChI is InChI=1S/C27H28Cl3N3O5S/c1-4-31-27(35)18(2)32(16-21-22(29)11-8-12-23(21)30)26(34)17-33(24-15-19(28)13-14-25(24)38-3)39(36,37)20-9-6-5-7-10-20/h5-15,18H,4,16-17H2,1-3H3,(H,31,35)/t18-/m1/s1. The zero-order chi connectivity index (χ0) is 28.7. The summed E-state index contributed by atoms with van der Waals surface area (Å²) in [6, 6.07) is 16.0. The van der Waals surface area contributed by atoms with Crippen LogP contribution in [0.15, 0.2) is 71.6 Å². The van der Waals surface area contributed by atoms with Crippen LogP contribution in [0.4, 0.5) is 5.69 Å². The average Bonchev–Trinajstić information content (AvgIpc) is 2.91. The molecule has 2 amide bonds. The zero-order valence-corrected chi connectivity index (χ0v) is 24.6. The Bertz CT molecular complexity index is 1420. The summed E-state index contributed by atoms with van der Waals surface area (Å²) in [6.07, 6.45) is 0. The first-order valence-corrected chi connectivity index (χ1v) is 14.5. The van der Waals surface area contributed by atoms with Crippen molar-refractivity contribution in [1.82, 2.24) is 10.2 Å². The van der Waals surface area contributed by atoms with Crippen LogP contribution in [0.25, 0.3) is 0 Å². The number of benzene rings is 3. The fraction of sp³-hybridized carbons (Fsp3) is 0.259. The molecule has 0 bridgehead atoms. The van der Waals surface area contributed by atoms with E-state index in [0.717, 1.165) is 4.31 Å². The quantitative estimate of drug-likeness (QED) is 0.313. The Kier molecular flexibility index (Phi) is 10.5. The average molecular weight is 613 g/mol. The smallest absolute Gasteiger partial charge is 0.264 e. The number of carbonyl (C=O) groups is 2. The number of likely N-dealkylation sites (N-methyl/N-ethyl adjacent to an activating group) is 1. The Morgan fingerprint density at radius 3 is 2.21 bits per heavy atom. The van der Waals surface area contributed by atoms with Gasteiger partial charge in [0, 0.05) is 33.7 Å². The number of sulfonamides is 1. The summed E-state index contributed by atoms with van der Waals surface area (Å²) in [5.41, 5.74) is 0.478. The van der Waals surface area contributed by atoms with Crippen LogP contribution < -0.4 is 14.4 Å². The zero-order valence-electron chi connectivity index (χ0n) is 21.5. The van der Waals surface area contributed by atoms with E-state index >= 15 is 0 Å². The molecular weight excluding hydrogens is 585 g/mol. The van der Waals surface area contributed by atoms with E-state index in [4.69, 9.17) is 39.5 Å². The molecule has 1 atom stereocenters. The third kappa shape index (κ3) is 7.16. The summed E-state index contributed by atoms with van der Waals surface area (Å²) in [4.78, 5) is 28.0. The Labute approximate surface area is 243 Å². The first-order chi connectivity index (χ1) is 18.5. The van der Waals surface area contributed by atoms with Crippen LogP contribution in [0, 0.1) is 0 Å². The van der Waals surface area contributed by atoms with Crippen LogP contribution in [0.2, 0.25) is 15.1 Å². The maximum Gasteiger partial charge on any atom is 0.264 e. The van der Waals surface area contributed by atoms with Gasteiger partial charge in [0.1, 0.15) is 18.3 Å². The Morgan fingerprint density at radius 1 is 0.974 bits per heavy atom. The number of carbonyl (C=O) groups excluding carboxylic acids is 2. The van der Waals surface area contributed by atoms with Crippen molar-refractivity contribution >= 4 is 62.3 Å². The van der Waals surface area contributed by atoms with Crippen molar-refractivity contribution in [2.45, 2.75) is 31.3 Å². The molecule has 0 aliphatic rings. The summed E-state index contributed by atoms with van der Waals surface area (Å²) in [6.45, 7) is 2.83. The van der Waals surface area contributed by atoms with E-state index in [1.165, 1.54) is 36.3 Å². The summed E-state index contributed by atoms with van der Waals surface area (Å²) >= 11 is 19.0. The number of anilines is 1. The van der Waals surface area contributed by atoms with Gasteiger partial charge < -0.3 is 15.0 Å². The molecule has 8 nitrogen and oxygen atoms in total. The van der Waals surface area contributed by atoms with Crippen LogP contribution in [0.3, 0.4) is 0 Å². The van der Waals surface area contributed by atoms with Crippen LogP contribution in [0.1, 0.15) is 19.4 Å². The van der Waals surface area contributed by atoms with Crippen molar-refractivity contribution < 1.29 is 22.7 Å². The van der Waals surface area contributed by atoms with E-state index in [-0.39, 0.29) is 27.9 Å². The van der Waals surface area contributed by atoms with Gasteiger partial charge in [-0.3, -0.25) is 13.9 Å². The van der Waals surface area contributed by atoms with E-state index in [0.29, 0.717) is 22.2 Å². The molecule has 12 heteroatoms. The Morgan fingerprint density at radius 2 is 1.62 bits per heavy atom. The molecule has 0 aliphatic carbocycles. The van der Waals surface area contributed by atoms with Crippen LogP contribution in [0.5, 0.6) is 5.75 Å². The minimum absolute atomic E-state index is 0.0442. The lowest BCUT2D eigenvalue weighted by Gasteiger charge is -2.32.